The van der Waals surface area contributed by atoms with Gasteiger partial charge in [0.1, 0.15) is 18.0 Å². The van der Waals surface area contributed by atoms with Crippen molar-refractivity contribution in [3.63, 3.8) is 0 Å². The number of hydrogen-bond donors (Lipinski definition) is 1. The first-order valence-corrected chi connectivity index (χ1v) is 11.1. The Balaban J connectivity index is 2.25. The number of halogens is 1. The first kappa shape index (κ1) is 22.7. The maximum Gasteiger partial charge on any atom is 0.260 e. The van der Waals surface area contributed by atoms with Gasteiger partial charge in [0.25, 0.3) is 5.91 Å². The second-order valence-electron chi connectivity index (χ2n) is 6.05. The van der Waals surface area contributed by atoms with E-state index in [9.17, 15) is 13.2 Å². The molecule has 2 rings (SSSR count). The monoisotopic (exact) mass is 483 g/mol. The molecule has 2 aromatic rings. The highest BCUT2D eigenvalue weighted by Crippen LogP contribution is 2.33. The average Bonchev–Trinajstić information content (AvgIpc) is 2.68. The van der Waals surface area contributed by atoms with Crippen LogP contribution in [0.2, 0.25) is 0 Å². The van der Waals surface area contributed by atoms with Crippen molar-refractivity contribution in [2.75, 3.05) is 31.3 Å². The molecule has 8 nitrogen and oxygen atoms in total. The molecule has 0 atom stereocenters. The van der Waals surface area contributed by atoms with E-state index in [2.05, 4.69) is 26.5 Å². The summed E-state index contributed by atoms with van der Waals surface area (Å²) in [5, 5.41) is 4.06. The largest absolute Gasteiger partial charge is 0.497 e. The van der Waals surface area contributed by atoms with Crippen LogP contribution in [0.1, 0.15) is 12.5 Å². The molecule has 0 unspecified atom stereocenters. The van der Waals surface area contributed by atoms with E-state index in [1.165, 1.54) is 20.3 Å². The van der Waals surface area contributed by atoms with Gasteiger partial charge >= 0.3 is 0 Å². The fraction of sp³-hybridized carbons (Fsp3) is 0.263. The SMILES string of the molecule is COc1ccc(OC)c(N(CC(=O)N/N=C(/C)c2cccc(Br)c2)S(C)(=O)=O)c1. The van der Waals surface area contributed by atoms with Gasteiger partial charge in [-0.1, -0.05) is 28.1 Å². The lowest BCUT2D eigenvalue weighted by Crippen LogP contribution is -2.39. The predicted molar refractivity (Wildman–Crippen MR) is 116 cm³/mol. The Morgan fingerprint density at radius 2 is 1.90 bits per heavy atom. The lowest BCUT2D eigenvalue weighted by Gasteiger charge is -2.23. The third-order valence-corrected chi connectivity index (χ3v) is 5.55. The number of nitrogens with one attached hydrogen (secondary N) is 1. The Kier molecular flexibility index (Phi) is 7.63. The molecule has 29 heavy (non-hydrogen) atoms. The van der Waals surface area contributed by atoms with Crippen LogP contribution >= 0.6 is 15.9 Å². The van der Waals surface area contributed by atoms with Crippen molar-refractivity contribution in [2.45, 2.75) is 6.92 Å². The fourth-order valence-electron chi connectivity index (χ4n) is 2.46. The van der Waals surface area contributed by atoms with Gasteiger partial charge in [-0.3, -0.25) is 9.10 Å². The second-order valence-corrected chi connectivity index (χ2v) is 8.87. The number of rotatable bonds is 8. The molecule has 156 valence electrons. The van der Waals surface area contributed by atoms with Crippen molar-refractivity contribution in [3.05, 3.63) is 52.5 Å². The highest BCUT2D eigenvalue weighted by atomic mass is 79.9. The van der Waals surface area contributed by atoms with Crippen LogP contribution in [0.3, 0.4) is 0 Å². The van der Waals surface area contributed by atoms with Crippen LogP contribution in [0.5, 0.6) is 11.5 Å². The van der Waals surface area contributed by atoms with Gasteiger partial charge in [0.05, 0.1) is 31.9 Å². The average molecular weight is 484 g/mol. The lowest BCUT2D eigenvalue weighted by atomic mass is 10.1. The summed E-state index contributed by atoms with van der Waals surface area (Å²) in [6, 6.07) is 12.1. The van der Waals surface area contributed by atoms with Crippen molar-refractivity contribution >= 4 is 43.3 Å². The summed E-state index contributed by atoms with van der Waals surface area (Å²) < 4.78 is 36.9. The number of nitrogens with zero attached hydrogens (tertiary/aromatic N) is 2. The van der Waals surface area contributed by atoms with E-state index in [4.69, 9.17) is 9.47 Å². The van der Waals surface area contributed by atoms with Crippen molar-refractivity contribution in [1.82, 2.24) is 5.43 Å². The van der Waals surface area contributed by atoms with Gasteiger partial charge in [0.2, 0.25) is 10.0 Å². The maximum atomic E-state index is 12.4. The molecule has 1 N–H and O–H groups in total. The Labute approximate surface area is 178 Å². The molecule has 1 amide bonds. The maximum absolute atomic E-state index is 12.4. The summed E-state index contributed by atoms with van der Waals surface area (Å²) in [5.74, 6) is 0.117. The molecule has 0 aliphatic heterocycles. The van der Waals surface area contributed by atoms with E-state index < -0.39 is 22.5 Å². The van der Waals surface area contributed by atoms with Crippen molar-refractivity contribution in [2.24, 2.45) is 5.10 Å². The molecule has 0 aliphatic carbocycles. The number of amides is 1. The van der Waals surface area contributed by atoms with Crippen LogP contribution in [-0.2, 0) is 14.8 Å². The molecule has 10 heteroatoms. The smallest absolute Gasteiger partial charge is 0.260 e. The number of anilines is 1. The standard InChI is InChI=1S/C19H22BrN3O5S/c1-13(14-6-5-7-15(20)10-14)21-22-19(24)12-23(29(4,25)26)17-11-16(27-2)8-9-18(17)28-3/h5-11H,12H2,1-4H3,(H,22,24)/b21-13-. The molecule has 0 aromatic heterocycles. The van der Waals surface area contributed by atoms with Crippen molar-refractivity contribution in [3.8, 4) is 11.5 Å². The van der Waals surface area contributed by atoms with Crippen LogP contribution in [0.4, 0.5) is 5.69 Å². The normalized spacial score (nSPS) is 11.7. The van der Waals surface area contributed by atoms with Gasteiger partial charge in [-0.15, -0.1) is 0 Å². The number of benzene rings is 2. The van der Waals surface area contributed by atoms with Gasteiger partial charge in [-0.05, 0) is 36.8 Å². The minimum atomic E-state index is -3.78. The Morgan fingerprint density at radius 1 is 1.17 bits per heavy atom. The Morgan fingerprint density at radius 3 is 2.48 bits per heavy atom. The van der Waals surface area contributed by atoms with E-state index in [1.807, 2.05) is 24.3 Å². The van der Waals surface area contributed by atoms with E-state index >= 15 is 0 Å². The van der Waals surface area contributed by atoms with Crippen LogP contribution < -0.4 is 19.2 Å². The zero-order valence-corrected chi connectivity index (χ0v) is 18.9. The van der Waals surface area contributed by atoms with Gasteiger partial charge in [0.15, 0.2) is 0 Å². The van der Waals surface area contributed by atoms with E-state index in [0.29, 0.717) is 11.5 Å². The van der Waals surface area contributed by atoms with E-state index in [1.54, 1.807) is 19.1 Å². The molecule has 0 saturated heterocycles. The van der Waals surface area contributed by atoms with Gasteiger partial charge in [0, 0.05) is 10.5 Å². The number of hydrogen-bond acceptors (Lipinski definition) is 6. The van der Waals surface area contributed by atoms with Crippen LogP contribution in [0.15, 0.2) is 52.0 Å². The van der Waals surface area contributed by atoms with Crippen molar-refractivity contribution < 1.29 is 22.7 Å². The zero-order valence-electron chi connectivity index (χ0n) is 16.5. The van der Waals surface area contributed by atoms with Gasteiger partial charge in [-0.2, -0.15) is 5.10 Å². The molecule has 0 fully saturated rings. The molecular weight excluding hydrogens is 462 g/mol. The van der Waals surface area contributed by atoms with Crippen LogP contribution in [-0.4, -0.2) is 47.1 Å². The minimum Gasteiger partial charge on any atom is -0.497 e. The Bertz CT molecular complexity index is 1020. The molecule has 0 bridgehead atoms. The first-order chi connectivity index (χ1) is 13.7. The molecule has 0 radical (unpaired) electrons. The highest BCUT2D eigenvalue weighted by Gasteiger charge is 2.24. The van der Waals surface area contributed by atoms with E-state index in [0.717, 1.165) is 20.6 Å². The van der Waals surface area contributed by atoms with E-state index in [-0.39, 0.29) is 11.4 Å². The number of ether oxygens (including phenoxy) is 2. The molecule has 0 saturated carbocycles. The highest BCUT2D eigenvalue weighted by molar-refractivity contribution is 9.10. The number of hydrazone groups is 1. The summed E-state index contributed by atoms with van der Waals surface area (Å²) in [6.07, 6.45) is 1.01. The quantitative estimate of drug-likeness (QED) is 0.459. The summed E-state index contributed by atoms with van der Waals surface area (Å²) in [4.78, 5) is 12.4. The fourth-order valence-corrected chi connectivity index (χ4v) is 3.71. The number of methoxy groups -OCH3 is 2. The molecule has 0 heterocycles. The molecule has 0 aliphatic rings. The van der Waals surface area contributed by atoms with Gasteiger partial charge < -0.3 is 9.47 Å². The zero-order chi connectivity index (χ0) is 21.6. The Hall–Kier alpha value is -2.59. The number of sulfonamides is 1. The lowest BCUT2D eigenvalue weighted by molar-refractivity contribution is -0.119. The van der Waals surface area contributed by atoms with Gasteiger partial charge in [-0.25, -0.2) is 13.8 Å². The predicted octanol–water partition coefficient (Wildman–Crippen LogP) is 2.77. The summed E-state index contributed by atoms with van der Waals surface area (Å²) >= 11 is 3.38. The van der Waals surface area contributed by atoms with Crippen LogP contribution in [0, 0.1) is 0 Å². The summed E-state index contributed by atoms with van der Waals surface area (Å²) in [5.41, 5.74) is 3.97. The van der Waals surface area contributed by atoms with Crippen LogP contribution in [0.25, 0.3) is 0 Å². The number of carbonyl (C=O) groups excluding carboxylic acids is 1. The minimum absolute atomic E-state index is 0.192. The summed E-state index contributed by atoms with van der Waals surface area (Å²) in [6.45, 7) is 1.26. The second kappa shape index (κ2) is 9.75. The number of carbonyl (C=O) groups is 1. The topological polar surface area (TPSA) is 97.3 Å². The first-order valence-electron chi connectivity index (χ1n) is 8.44. The molecule has 2 aromatic carbocycles. The molecular formula is C19H22BrN3O5S. The third kappa shape index (κ3) is 6.20. The summed E-state index contributed by atoms with van der Waals surface area (Å²) in [7, 11) is -0.910. The molecule has 0 spiro atoms. The third-order valence-electron chi connectivity index (χ3n) is 3.93. The van der Waals surface area contributed by atoms with Crippen molar-refractivity contribution in [1.29, 1.82) is 0 Å².